The molecule has 4 heteroatoms. The zero-order valence-electron chi connectivity index (χ0n) is 13.0. The Kier molecular flexibility index (Phi) is 6.06. The molecule has 0 fully saturated rings. The lowest BCUT2D eigenvalue weighted by molar-refractivity contribution is 0.376. The summed E-state index contributed by atoms with van der Waals surface area (Å²) < 4.78 is 0. The molecule has 0 aliphatic carbocycles. The third kappa shape index (κ3) is 4.69. The van der Waals surface area contributed by atoms with Gasteiger partial charge in [-0.1, -0.05) is 34.1 Å². The molecule has 1 aromatic rings. The molecule has 0 bridgehead atoms. The average molecular weight is 264 g/mol. The largest absolute Gasteiger partial charge is 0.370 e. The third-order valence-electron chi connectivity index (χ3n) is 3.48. The first-order valence-corrected chi connectivity index (χ1v) is 7.35. The summed E-state index contributed by atoms with van der Waals surface area (Å²) in [6, 6.07) is 0. The fourth-order valence-electron chi connectivity index (χ4n) is 1.82. The van der Waals surface area contributed by atoms with Crippen molar-refractivity contribution in [1.82, 2.24) is 9.97 Å². The third-order valence-corrected chi connectivity index (χ3v) is 3.48. The van der Waals surface area contributed by atoms with Gasteiger partial charge in [0, 0.05) is 18.7 Å². The Morgan fingerprint density at radius 1 is 1.05 bits per heavy atom. The molecule has 0 spiro atoms. The predicted octanol–water partition coefficient (Wildman–Crippen LogP) is 3.71. The normalized spacial score (nSPS) is 11.4. The fraction of sp³-hybridized carbons (Fsp3) is 0.733. The van der Waals surface area contributed by atoms with Crippen LogP contribution in [0.2, 0.25) is 0 Å². The van der Waals surface area contributed by atoms with E-state index in [1.807, 2.05) is 0 Å². The van der Waals surface area contributed by atoms with Crippen molar-refractivity contribution in [1.29, 1.82) is 0 Å². The van der Waals surface area contributed by atoms with E-state index in [9.17, 15) is 0 Å². The maximum absolute atomic E-state index is 4.42. The Labute approximate surface area is 117 Å². The van der Waals surface area contributed by atoms with Gasteiger partial charge in [0.2, 0.25) is 0 Å². The number of nitrogens with zero attached hydrogens (tertiary/aromatic N) is 2. The topological polar surface area (TPSA) is 49.8 Å². The summed E-state index contributed by atoms with van der Waals surface area (Å²) in [5, 5.41) is 6.82. The number of anilines is 2. The maximum atomic E-state index is 4.42. The van der Waals surface area contributed by atoms with Crippen molar-refractivity contribution < 1.29 is 0 Å². The molecular formula is C15H28N4. The minimum atomic E-state index is 0.285. The summed E-state index contributed by atoms with van der Waals surface area (Å²) in [5.41, 5.74) is 1.49. The molecule has 0 aliphatic heterocycles. The predicted molar refractivity (Wildman–Crippen MR) is 82.8 cm³/mol. The summed E-state index contributed by atoms with van der Waals surface area (Å²) >= 11 is 0. The number of hydrogen-bond donors (Lipinski definition) is 2. The van der Waals surface area contributed by atoms with Gasteiger partial charge in [-0.05, 0) is 25.2 Å². The van der Waals surface area contributed by atoms with Gasteiger partial charge in [0.25, 0.3) is 0 Å². The summed E-state index contributed by atoms with van der Waals surface area (Å²) in [4.78, 5) is 8.77. The number of hydrogen-bond acceptors (Lipinski definition) is 4. The summed E-state index contributed by atoms with van der Waals surface area (Å²) in [6.07, 6.45) is 4.88. The van der Waals surface area contributed by atoms with Crippen LogP contribution in [-0.2, 0) is 6.42 Å². The standard InChI is InChI=1S/C15H28N4/c1-6-9-12-13(16-8-3)18-11-19-14(12)17-10-15(4,5)7-2/h11H,6-10H2,1-5H3,(H2,16,17,18,19). The van der Waals surface area contributed by atoms with Crippen LogP contribution < -0.4 is 10.6 Å². The quantitative estimate of drug-likeness (QED) is 0.751. The Hall–Kier alpha value is -1.32. The molecule has 4 nitrogen and oxygen atoms in total. The van der Waals surface area contributed by atoms with Crippen molar-refractivity contribution in [3.05, 3.63) is 11.9 Å². The smallest absolute Gasteiger partial charge is 0.134 e. The van der Waals surface area contributed by atoms with Gasteiger partial charge < -0.3 is 10.6 Å². The van der Waals surface area contributed by atoms with Crippen LogP contribution in [0.25, 0.3) is 0 Å². The molecule has 0 saturated carbocycles. The van der Waals surface area contributed by atoms with E-state index in [0.29, 0.717) is 0 Å². The highest BCUT2D eigenvalue weighted by Crippen LogP contribution is 2.24. The highest BCUT2D eigenvalue weighted by atomic mass is 15.1. The highest BCUT2D eigenvalue weighted by Gasteiger charge is 2.17. The Morgan fingerprint density at radius 2 is 1.68 bits per heavy atom. The lowest BCUT2D eigenvalue weighted by Gasteiger charge is -2.24. The average Bonchev–Trinajstić information content (AvgIpc) is 2.40. The van der Waals surface area contributed by atoms with E-state index in [1.165, 1.54) is 5.56 Å². The Balaban J connectivity index is 2.89. The molecule has 1 heterocycles. The first kappa shape index (κ1) is 15.7. The molecule has 2 N–H and O–H groups in total. The van der Waals surface area contributed by atoms with Gasteiger partial charge in [0.15, 0.2) is 0 Å². The van der Waals surface area contributed by atoms with Crippen LogP contribution in [-0.4, -0.2) is 23.1 Å². The van der Waals surface area contributed by atoms with Crippen LogP contribution >= 0.6 is 0 Å². The van der Waals surface area contributed by atoms with E-state index in [4.69, 9.17) is 0 Å². The zero-order chi connectivity index (χ0) is 14.3. The van der Waals surface area contributed by atoms with Gasteiger partial charge in [-0.2, -0.15) is 0 Å². The van der Waals surface area contributed by atoms with Crippen LogP contribution in [0.3, 0.4) is 0 Å². The zero-order valence-corrected chi connectivity index (χ0v) is 13.0. The van der Waals surface area contributed by atoms with E-state index in [1.54, 1.807) is 6.33 Å². The number of rotatable bonds is 8. The first-order chi connectivity index (χ1) is 9.04. The lowest BCUT2D eigenvalue weighted by Crippen LogP contribution is -2.23. The molecule has 0 amide bonds. The van der Waals surface area contributed by atoms with Crippen LogP contribution in [0.4, 0.5) is 11.6 Å². The summed E-state index contributed by atoms with van der Waals surface area (Å²) in [7, 11) is 0. The highest BCUT2D eigenvalue weighted by molar-refractivity contribution is 5.57. The van der Waals surface area contributed by atoms with Crippen LogP contribution in [0.15, 0.2) is 6.33 Å². The minimum Gasteiger partial charge on any atom is -0.370 e. The second kappa shape index (κ2) is 7.31. The lowest BCUT2D eigenvalue weighted by atomic mass is 9.90. The molecular weight excluding hydrogens is 236 g/mol. The van der Waals surface area contributed by atoms with E-state index in [0.717, 1.165) is 44.0 Å². The van der Waals surface area contributed by atoms with Crippen LogP contribution in [0.1, 0.15) is 53.0 Å². The summed E-state index contributed by atoms with van der Waals surface area (Å²) in [6.45, 7) is 12.8. The number of aromatic nitrogens is 2. The van der Waals surface area contributed by atoms with Gasteiger partial charge in [-0.25, -0.2) is 9.97 Å². The van der Waals surface area contributed by atoms with Gasteiger partial charge >= 0.3 is 0 Å². The van der Waals surface area contributed by atoms with Gasteiger partial charge in [0.1, 0.15) is 18.0 Å². The van der Waals surface area contributed by atoms with Crippen molar-refractivity contribution in [3.8, 4) is 0 Å². The molecule has 0 radical (unpaired) electrons. The van der Waals surface area contributed by atoms with Crippen molar-refractivity contribution >= 4 is 11.6 Å². The molecule has 0 aromatic carbocycles. The molecule has 1 rings (SSSR count). The number of nitrogens with one attached hydrogen (secondary N) is 2. The van der Waals surface area contributed by atoms with E-state index in [2.05, 4.69) is 55.2 Å². The van der Waals surface area contributed by atoms with Gasteiger partial charge in [-0.3, -0.25) is 0 Å². The van der Waals surface area contributed by atoms with Crippen LogP contribution in [0, 0.1) is 5.41 Å². The molecule has 19 heavy (non-hydrogen) atoms. The van der Waals surface area contributed by atoms with Crippen molar-refractivity contribution in [3.63, 3.8) is 0 Å². The Morgan fingerprint density at radius 3 is 2.21 bits per heavy atom. The second-order valence-corrected chi connectivity index (χ2v) is 5.70. The van der Waals surface area contributed by atoms with E-state index in [-0.39, 0.29) is 5.41 Å². The van der Waals surface area contributed by atoms with E-state index < -0.39 is 0 Å². The summed E-state index contributed by atoms with van der Waals surface area (Å²) in [5.74, 6) is 1.95. The van der Waals surface area contributed by atoms with Crippen molar-refractivity contribution in [2.24, 2.45) is 5.41 Å². The van der Waals surface area contributed by atoms with Gasteiger partial charge in [-0.15, -0.1) is 0 Å². The second-order valence-electron chi connectivity index (χ2n) is 5.70. The molecule has 0 unspecified atom stereocenters. The minimum absolute atomic E-state index is 0.285. The maximum Gasteiger partial charge on any atom is 0.134 e. The van der Waals surface area contributed by atoms with Gasteiger partial charge in [0.05, 0.1) is 0 Å². The van der Waals surface area contributed by atoms with Crippen molar-refractivity contribution in [2.45, 2.75) is 53.9 Å². The molecule has 0 saturated heterocycles. The fourth-order valence-corrected chi connectivity index (χ4v) is 1.82. The molecule has 0 aliphatic rings. The van der Waals surface area contributed by atoms with Crippen molar-refractivity contribution in [2.75, 3.05) is 23.7 Å². The van der Waals surface area contributed by atoms with E-state index >= 15 is 0 Å². The first-order valence-electron chi connectivity index (χ1n) is 7.35. The Bertz CT molecular complexity index is 388. The monoisotopic (exact) mass is 264 g/mol. The molecule has 1 aromatic heterocycles. The SMILES string of the molecule is CCCc1c(NCC)ncnc1NCC(C)(C)CC. The molecule has 108 valence electrons. The van der Waals surface area contributed by atoms with Crippen LogP contribution in [0.5, 0.6) is 0 Å². The molecule has 0 atom stereocenters.